The molecule has 2 aromatic heterocycles. The lowest BCUT2D eigenvalue weighted by Crippen LogP contribution is -2.08. The Morgan fingerprint density at radius 2 is 2.06 bits per heavy atom. The third kappa shape index (κ3) is 3.03. The van der Waals surface area contributed by atoms with E-state index in [1.807, 2.05) is 26.1 Å². The Balaban J connectivity index is 2.09. The van der Waals surface area contributed by atoms with Crippen LogP contribution in [-0.2, 0) is 13.6 Å². The van der Waals surface area contributed by atoms with Gasteiger partial charge in [0.15, 0.2) is 0 Å². The summed E-state index contributed by atoms with van der Waals surface area (Å²) in [6, 6.07) is 4.06. The van der Waals surface area contributed by atoms with Crippen LogP contribution in [0.15, 0.2) is 16.9 Å². The van der Waals surface area contributed by atoms with Crippen LogP contribution in [-0.4, -0.2) is 19.7 Å². The monoisotopic (exact) mass is 295 g/mol. The highest BCUT2D eigenvalue weighted by Crippen LogP contribution is 2.11. The standard InChI is InChI=1S/C11H14BrN5/c1-7-4-8(2)14-9(5-7)13-6-10-15-11(12)16-17(10)3/h4-5H,6H2,1-3H3,(H,13,14). The zero-order valence-electron chi connectivity index (χ0n) is 10.0. The normalized spacial score (nSPS) is 10.6. The van der Waals surface area contributed by atoms with E-state index in [2.05, 4.69) is 43.2 Å². The molecule has 0 aliphatic rings. The molecule has 1 N–H and O–H groups in total. The van der Waals surface area contributed by atoms with Crippen molar-refractivity contribution in [2.75, 3.05) is 5.32 Å². The van der Waals surface area contributed by atoms with Gasteiger partial charge in [-0.15, -0.1) is 5.10 Å². The molecule has 2 heterocycles. The Kier molecular flexibility index (Phi) is 3.42. The summed E-state index contributed by atoms with van der Waals surface area (Å²) in [6.07, 6.45) is 0. The summed E-state index contributed by atoms with van der Waals surface area (Å²) >= 11 is 3.25. The summed E-state index contributed by atoms with van der Waals surface area (Å²) in [4.78, 5) is 8.65. The third-order valence-electron chi connectivity index (χ3n) is 2.35. The highest BCUT2D eigenvalue weighted by atomic mass is 79.9. The molecule has 6 heteroatoms. The maximum Gasteiger partial charge on any atom is 0.217 e. The lowest BCUT2D eigenvalue weighted by Gasteiger charge is -2.06. The Morgan fingerprint density at radius 1 is 1.29 bits per heavy atom. The predicted molar refractivity (Wildman–Crippen MR) is 69.7 cm³/mol. The Morgan fingerprint density at radius 3 is 2.65 bits per heavy atom. The number of anilines is 1. The number of hydrogen-bond donors (Lipinski definition) is 1. The zero-order chi connectivity index (χ0) is 12.4. The average molecular weight is 296 g/mol. The van der Waals surface area contributed by atoms with Crippen LogP contribution in [0.2, 0.25) is 0 Å². The van der Waals surface area contributed by atoms with Gasteiger partial charge in [0.1, 0.15) is 11.6 Å². The van der Waals surface area contributed by atoms with Crippen molar-refractivity contribution in [3.8, 4) is 0 Å². The molecule has 0 aliphatic carbocycles. The summed E-state index contributed by atoms with van der Waals surface area (Å²) in [5.41, 5.74) is 2.20. The van der Waals surface area contributed by atoms with E-state index >= 15 is 0 Å². The van der Waals surface area contributed by atoms with Gasteiger partial charge in [0.05, 0.1) is 6.54 Å². The number of halogens is 1. The molecule has 2 rings (SSSR count). The number of rotatable bonds is 3. The zero-order valence-corrected chi connectivity index (χ0v) is 11.6. The predicted octanol–water partition coefficient (Wildman–Crippen LogP) is 2.20. The summed E-state index contributed by atoms with van der Waals surface area (Å²) < 4.78 is 2.34. The van der Waals surface area contributed by atoms with Crippen molar-refractivity contribution >= 4 is 21.7 Å². The van der Waals surface area contributed by atoms with E-state index in [0.717, 1.165) is 17.3 Å². The third-order valence-corrected chi connectivity index (χ3v) is 2.69. The SMILES string of the molecule is Cc1cc(C)nc(NCc2nc(Br)nn2C)c1. The fourth-order valence-electron chi connectivity index (χ4n) is 1.64. The van der Waals surface area contributed by atoms with Gasteiger partial charge in [-0.1, -0.05) is 0 Å². The highest BCUT2D eigenvalue weighted by Gasteiger charge is 2.05. The van der Waals surface area contributed by atoms with Crippen molar-refractivity contribution < 1.29 is 0 Å². The largest absolute Gasteiger partial charge is 0.363 e. The molecule has 0 atom stereocenters. The van der Waals surface area contributed by atoms with Gasteiger partial charge in [-0.3, -0.25) is 4.68 Å². The number of aryl methyl sites for hydroxylation is 3. The maximum atomic E-state index is 4.41. The number of pyridine rings is 1. The van der Waals surface area contributed by atoms with E-state index in [-0.39, 0.29) is 0 Å². The smallest absolute Gasteiger partial charge is 0.217 e. The fourth-order valence-corrected chi connectivity index (χ4v) is 2.08. The Labute approximate surface area is 108 Å². The summed E-state index contributed by atoms with van der Waals surface area (Å²) in [5, 5.41) is 7.36. The van der Waals surface area contributed by atoms with Gasteiger partial charge in [-0.05, 0) is 47.5 Å². The first-order valence-electron chi connectivity index (χ1n) is 5.29. The van der Waals surface area contributed by atoms with Crippen LogP contribution in [0.25, 0.3) is 0 Å². The van der Waals surface area contributed by atoms with E-state index in [1.54, 1.807) is 4.68 Å². The van der Waals surface area contributed by atoms with Crippen molar-refractivity contribution in [1.29, 1.82) is 0 Å². The molecule has 0 fully saturated rings. The van der Waals surface area contributed by atoms with Crippen molar-refractivity contribution in [2.45, 2.75) is 20.4 Å². The molecule has 5 nitrogen and oxygen atoms in total. The molecule has 90 valence electrons. The maximum absolute atomic E-state index is 4.41. The minimum atomic E-state index is 0.602. The minimum Gasteiger partial charge on any atom is -0.363 e. The Hall–Kier alpha value is -1.43. The van der Waals surface area contributed by atoms with Crippen LogP contribution in [0.5, 0.6) is 0 Å². The molecular formula is C11H14BrN5. The van der Waals surface area contributed by atoms with E-state index in [0.29, 0.717) is 11.3 Å². The molecule has 0 aliphatic heterocycles. The molecular weight excluding hydrogens is 282 g/mol. The van der Waals surface area contributed by atoms with Crippen molar-refractivity contribution in [2.24, 2.45) is 7.05 Å². The molecule has 0 aromatic carbocycles. The lowest BCUT2D eigenvalue weighted by molar-refractivity contribution is 0.708. The second-order valence-corrected chi connectivity index (χ2v) is 4.65. The number of aromatic nitrogens is 4. The van der Waals surface area contributed by atoms with Crippen LogP contribution in [0, 0.1) is 13.8 Å². The van der Waals surface area contributed by atoms with Crippen molar-refractivity contribution in [1.82, 2.24) is 19.7 Å². The fraction of sp³-hybridized carbons (Fsp3) is 0.364. The van der Waals surface area contributed by atoms with Gasteiger partial charge in [0.25, 0.3) is 0 Å². The highest BCUT2D eigenvalue weighted by molar-refractivity contribution is 9.10. The quantitative estimate of drug-likeness (QED) is 0.943. The molecule has 0 radical (unpaired) electrons. The van der Waals surface area contributed by atoms with Crippen LogP contribution in [0.3, 0.4) is 0 Å². The van der Waals surface area contributed by atoms with Gasteiger partial charge in [0.2, 0.25) is 4.73 Å². The molecule has 17 heavy (non-hydrogen) atoms. The average Bonchev–Trinajstić information content (AvgIpc) is 2.53. The van der Waals surface area contributed by atoms with Crippen molar-refractivity contribution in [3.63, 3.8) is 0 Å². The molecule has 0 unspecified atom stereocenters. The molecule has 0 saturated carbocycles. The molecule has 0 saturated heterocycles. The summed E-state index contributed by atoms with van der Waals surface area (Å²) in [7, 11) is 1.86. The van der Waals surface area contributed by atoms with E-state index < -0.39 is 0 Å². The van der Waals surface area contributed by atoms with Gasteiger partial charge in [-0.2, -0.15) is 0 Å². The van der Waals surface area contributed by atoms with E-state index in [1.165, 1.54) is 5.56 Å². The van der Waals surface area contributed by atoms with E-state index in [9.17, 15) is 0 Å². The Bertz CT molecular complexity index is 514. The molecule has 0 spiro atoms. The lowest BCUT2D eigenvalue weighted by atomic mass is 10.2. The first-order valence-corrected chi connectivity index (χ1v) is 6.08. The van der Waals surface area contributed by atoms with Crippen LogP contribution < -0.4 is 5.32 Å². The van der Waals surface area contributed by atoms with Gasteiger partial charge in [0, 0.05) is 12.7 Å². The second kappa shape index (κ2) is 4.83. The molecule has 0 bridgehead atoms. The summed E-state index contributed by atoms with van der Waals surface area (Å²) in [5.74, 6) is 1.72. The van der Waals surface area contributed by atoms with Crippen LogP contribution in [0.4, 0.5) is 5.82 Å². The number of nitrogens with zero attached hydrogens (tertiary/aromatic N) is 4. The topological polar surface area (TPSA) is 55.6 Å². The van der Waals surface area contributed by atoms with Gasteiger partial charge < -0.3 is 5.32 Å². The van der Waals surface area contributed by atoms with Crippen LogP contribution in [0.1, 0.15) is 17.1 Å². The first kappa shape index (κ1) is 12.0. The molecule has 2 aromatic rings. The molecule has 0 amide bonds. The van der Waals surface area contributed by atoms with E-state index in [4.69, 9.17) is 0 Å². The second-order valence-electron chi connectivity index (χ2n) is 3.95. The van der Waals surface area contributed by atoms with Gasteiger partial charge in [-0.25, -0.2) is 9.97 Å². The first-order chi connectivity index (χ1) is 8.04. The summed E-state index contributed by atoms with van der Waals surface area (Å²) in [6.45, 7) is 4.64. The van der Waals surface area contributed by atoms with Crippen LogP contribution >= 0.6 is 15.9 Å². The van der Waals surface area contributed by atoms with Gasteiger partial charge >= 0.3 is 0 Å². The number of hydrogen-bond acceptors (Lipinski definition) is 4. The number of nitrogens with one attached hydrogen (secondary N) is 1. The van der Waals surface area contributed by atoms with Crippen molar-refractivity contribution in [3.05, 3.63) is 33.9 Å². The minimum absolute atomic E-state index is 0.602.